The minimum atomic E-state index is -3.16. The molecule has 5 rings (SSSR count). The number of rotatable bonds is 7. The number of halogens is 3. The van der Waals surface area contributed by atoms with Gasteiger partial charge in [0, 0.05) is 11.8 Å². The molecule has 0 bridgehead atoms. The highest BCUT2D eigenvalue weighted by Crippen LogP contribution is 2.31. The highest BCUT2D eigenvalue weighted by Gasteiger charge is 2.45. The number of ether oxygens (including phenoxy) is 1. The predicted octanol–water partition coefficient (Wildman–Crippen LogP) is 3.80. The fraction of sp³-hybridized carbons (Fsp3) is 0.240. The van der Waals surface area contributed by atoms with Crippen LogP contribution < -0.4 is 10.1 Å². The highest BCUT2D eigenvalue weighted by atomic mass is 32.2. The van der Waals surface area contributed by atoms with E-state index in [1.54, 1.807) is 41.9 Å². The summed E-state index contributed by atoms with van der Waals surface area (Å²) in [6.45, 7) is -1.12. The molecule has 8 nitrogen and oxygen atoms in total. The van der Waals surface area contributed by atoms with Gasteiger partial charge < -0.3 is 10.1 Å². The van der Waals surface area contributed by atoms with Crippen molar-refractivity contribution in [3.05, 3.63) is 77.7 Å². The van der Waals surface area contributed by atoms with Gasteiger partial charge in [-0.3, -0.25) is 14.5 Å². The van der Waals surface area contributed by atoms with Gasteiger partial charge in [0.25, 0.3) is 5.91 Å². The van der Waals surface area contributed by atoms with Crippen LogP contribution in [-0.4, -0.2) is 52.7 Å². The third-order valence-electron chi connectivity index (χ3n) is 5.92. The van der Waals surface area contributed by atoms with Gasteiger partial charge in [-0.1, -0.05) is 24.3 Å². The van der Waals surface area contributed by atoms with Crippen molar-refractivity contribution in [3.63, 3.8) is 0 Å². The van der Waals surface area contributed by atoms with E-state index in [-0.39, 0.29) is 29.4 Å². The number of sulfone groups is 1. The molecule has 0 saturated carbocycles. The molecule has 0 spiro atoms. The Kier molecular flexibility index (Phi) is 6.14. The Hall–Kier alpha value is -3.93. The summed E-state index contributed by atoms with van der Waals surface area (Å²) in [5.74, 6) is -1.22. The molecule has 1 N–H and O–H groups in total. The van der Waals surface area contributed by atoms with Crippen LogP contribution in [0.1, 0.15) is 22.8 Å². The maximum absolute atomic E-state index is 13.4. The van der Waals surface area contributed by atoms with Gasteiger partial charge in [0.2, 0.25) is 0 Å². The number of nitrogens with zero attached hydrogens (tertiary/aromatic N) is 3. The van der Waals surface area contributed by atoms with Crippen molar-refractivity contribution in [2.24, 2.45) is 0 Å². The van der Waals surface area contributed by atoms with E-state index in [1.807, 2.05) is 0 Å². The molecule has 4 aromatic rings. The molecule has 2 aromatic carbocycles. The Balaban J connectivity index is 1.55. The van der Waals surface area contributed by atoms with Gasteiger partial charge >= 0.3 is 6.61 Å². The van der Waals surface area contributed by atoms with E-state index >= 15 is 0 Å². The minimum absolute atomic E-state index is 0.0478. The van der Waals surface area contributed by atoms with E-state index in [1.165, 1.54) is 30.5 Å². The molecule has 1 aliphatic heterocycles. The lowest BCUT2D eigenvalue weighted by Crippen LogP contribution is -2.63. The standard InChI is InChI=1S/C25H21F3N4O4S/c1-25(13-37(34,35)14-25)30-23(33)17-10-20-22(29-11-17)21(16-3-2-4-19(9-16)36-24(27)28)31-32(20)12-15-5-7-18(26)8-6-15/h2-11,24H,12-14H2,1H3,(H,30,33). The summed E-state index contributed by atoms with van der Waals surface area (Å²) < 4.78 is 68.2. The predicted molar refractivity (Wildman–Crippen MR) is 130 cm³/mol. The molecule has 1 fully saturated rings. The van der Waals surface area contributed by atoms with E-state index in [4.69, 9.17) is 0 Å². The third-order valence-corrected chi connectivity index (χ3v) is 8.08. The zero-order valence-corrected chi connectivity index (χ0v) is 20.3. The first kappa shape index (κ1) is 24.8. The van der Waals surface area contributed by atoms with E-state index in [2.05, 4.69) is 20.1 Å². The van der Waals surface area contributed by atoms with Gasteiger partial charge in [-0.05, 0) is 42.8 Å². The second kappa shape index (κ2) is 9.18. The number of hydrogen-bond donors (Lipinski definition) is 1. The number of pyridine rings is 1. The summed E-state index contributed by atoms with van der Waals surface area (Å²) in [5, 5.41) is 7.38. The Morgan fingerprint density at radius 1 is 1.16 bits per heavy atom. The number of hydrogen-bond acceptors (Lipinski definition) is 6. The molecule has 0 unspecified atom stereocenters. The van der Waals surface area contributed by atoms with Crippen LogP contribution in [0.15, 0.2) is 60.8 Å². The van der Waals surface area contributed by atoms with Crippen molar-refractivity contribution in [1.82, 2.24) is 20.1 Å². The number of amides is 1. The maximum atomic E-state index is 13.4. The molecular weight excluding hydrogens is 509 g/mol. The second-order valence-corrected chi connectivity index (χ2v) is 11.2. The molecule has 1 saturated heterocycles. The monoisotopic (exact) mass is 530 g/mol. The molecule has 0 radical (unpaired) electrons. The summed E-state index contributed by atoms with van der Waals surface area (Å²) in [6, 6.07) is 13.4. The zero-order valence-electron chi connectivity index (χ0n) is 19.5. The number of alkyl halides is 2. The maximum Gasteiger partial charge on any atom is 0.387 e. The van der Waals surface area contributed by atoms with Crippen LogP contribution in [0.5, 0.6) is 5.75 Å². The first-order valence-electron chi connectivity index (χ1n) is 11.2. The van der Waals surface area contributed by atoms with Crippen LogP contribution in [-0.2, 0) is 16.4 Å². The van der Waals surface area contributed by atoms with Crippen LogP contribution in [0.25, 0.3) is 22.3 Å². The molecule has 192 valence electrons. The summed E-state index contributed by atoms with van der Waals surface area (Å²) in [7, 11) is -3.16. The van der Waals surface area contributed by atoms with E-state index in [0.717, 1.165) is 5.56 Å². The van der Waals surface area contributed by atoms with Crippen molar-refractivity contribution >= 4 is 26.8 Å². The quantitative estimate of drug-likeness (QED) is 0.390. The Morgan fingerprint density at radius 2 is 1.89 bits per heavy atom. The normalized spacial score (nSPS) is 15.9. The van der Waals surface area contributed by atoms with Gasteiger partial charge in [0.05, 0.1) is 34.7 Å². The van der Waals surface area contributed by atoms with Gasteiger partial charge in [-0.25, -0.2) is 12.8 Å². The van der Waals surface area contributed by atoms with Crippen LogP contribution in [0.3, 0.4) is 0 Å². The smallest absolute Gasteiger partial charge is 0.387 e. The average molecular weight is 531 g/mol. The van der Waals surface area contributed by atoms with Gasteiger partial charge in [-0.15, -0.1) is 0 Å². The molecule has 0 aliphatic carbocycles. The van der Waals surface area contributed by atoms with Gasteiger partial charge in [0.15, 0.2) is 9.84 Å². The lowest BCUT2D eigenvalue weighted by molar-refractivity contribution is -0.0498. The molecule has 1 amide bonds. The third kappa shape index (κ3) is 5.29. The molecule has 1 aliphatic rings. The Bertz CT molecular complexity index is 1590. The molecule has 12 heteroatoms. The lowest BCUT2D eigenvalue weighted by atomic mass is 10.1. The van der Waals surface area contributed by atoms with Crippen molar-refractivity contribution in [1.29, 1.82) is 0 Å². The molecule has 37 heavy (non-hydrogen) atoms. The summed E-state index contributed by atoms with van der Waals surface area (Å²) in [6.07, 6.45) is 1.35. The summed E-state index contributed by atoms with van der Waals surface area (Å²) in [5.41, 5.74) is 1.78. The number of fused-ring (bicyclic) bond motifs is 1. The first-order chi connectivity index (χ1) is 17.5. The largest absolute Gasteiger partial charge is 0.435 e. The fourth-order valence-corrected chi connectivity index (χ4v) is 6.42. The minimum Gasteiger partial charge on any atom is -0.435 e. The van der Waals surface area contributed by atoms with Crippen LogP contribution in [0.2, 0.25) is 0 Å². The first-order valence-corrected chi connectivity index (χ1v) is 13.0. The van der Waals surface area contributed by atoms with Gasteiger partial charge in [-0.2, -0.15) is 13.9 Å². The van der Waals surface area contributed by atoms with Crippen molar-refractivity contribution < 1.29 is 31.1 Å². The molecular formula is C25H21F3N4O4S. The molecule has 2 aromatic heterocycles. The summed E-state index contributed by atoms with van der Waals surface area (Å²) >= 11 is 0. The van der Waals surface area contributed by atoms with E-state index in [0.29, 0.717) is 22.3 Å². The van der Waals surface area contributed by atoms with Crippen LogP contribution in [0, 0.1) is 5.82 Å². The Morgan fingerprint density at radius 3 is 2.57 bits per heavy atom. The number of aromatic nitrogens is 3. The van der Waals surface area contributed by atoms with Crippen molar-refractivity contribution in [3.8, 4) is 17.0 Å². The second-order valence-electron chi connectivity index (χ2n) is 9.18. The Labute approximate surface area is 210 Å². The number of carbonyl (C=O) groups is 1. The topological polar surface area (TPSA) is 103 Å². The fourth-order valence-electron chi connectivity index (χ4n) is 4.42. The summed E-state index contributed by atoms with van der Waals surface area (Å²) in [4.78, 5) is 17.4. The molecule has 0 atom stereocenters. The van der Waals surface area contributed by atoms with Crippen LogP contribution >= 0.6 is 0 Å². The van der Waals surface area contributed by atoms with E-state index in [9.17, 15) is 26.4 Å². The number of carbonyl (C=O) groups excluding carboxylic acids is 1. The van der Waals surface area contributed by atoms with Crippen LogP contribution in [0.4, 0.5) is 13.2 Å². The van der Waals surface area contributed by atoms with Crippen molar-refractivity contribution in [2.45, 2.75) is 25.6 Å². The van der Waals surface area contributed by atoms with E-state index < -0.39 is 33.7 Å². The highest BCUT2D eigenvalue weighted by molar-refractivity contribution is 7.93. The average Bonchev–Trinajstić information content (AvgIpc) is 3.16. The zero-order chi connectivity index (χ0) is 26.4. The molecule has 3 heterocycles. The van der Waals surface area contributed by atoms with Crippen molar-refractivity contribution in [2.75, 3.05) is 11.5 Å². The van der Waals surface area contributed by atoms with Gasteiger partial charge in [0.1, 0.15) is 22.8 Å². The number of nitrogens with one attached hydrogen (secondary N) is 1. The SMILES string of the molecule is CC1(NC(=O)c2cnc3c(-c4cccc(OC(F)F)c4)nn(Cc4ccc(F)cc4)c3c2)CS(=O)(=O)C1. The lowest BCUT2D eigenvalue weighted by Gasteiger charge is -2.38. The number of benzene rings is 2.